The smallest absolute Gasteiger partial charge is 0.226 e. The molecule has 20 heavy (non-hydrogen) atoms. The van der Waals surface area contributed by atoms with Crippen LogP contribution in [-0.4, -0.2) is 44.4 Å². The molecule has 3 rings (SSSR count). The van der Waals surface area contributed by atoms with Crippen LogP contribution in [0.5, 0.6) is 0 Å². The topological polar surface area (TPSA) is 58.4 Å². The maximum absolute atomic E-state index is 12.5. The average molecular weight is 277 g/mol. The summed E-state index contributed by atoms with van der Waals surface area (Å²) in [4.78, 5) is 14.4. The second-order valence-electron chi connectivity index (χ2n) is 6.45. The zero-order valence-electron chi connectivity index (χ0n) is 12.2. The number of aryl methyl sites for hydroxylation is 1. The summed E-state index contributed by atoms with van der Waals surface area (Å²) in [6.07, 6.45) is 6.77. The van der Waals surface area contributed by atoms with Gasteiger partial charge in [0.25, 0.3) is 0 Å². The van der Waals surface area contributed by atoms with Crippen molar-refractivity contribution in [2.75, 3.05) is 6.54 Å². The number of nitrogens with zero attached hydrogens (tertiary/aromatic N) is 3. The lowest BCUT2D eigenvalue weighted by atomic mass is 9.75. The van der Waals surface area contributed by atoms with Crippen LogP contribution < -0.4 is 0 Å². The Morgan fingerprint density at radius 3 is 2.85 bits per heavy atom. The molecular formula is C15H23N3O2. The van der Waals surface area contributed by atoms with Crippen LogP contribution in [0.15, 0.2) is 12.4 Å². The number of carbonyl (C=O) groups excluding carboxylic acids is 1. The molecule has 1 amide bonds. The van der Waals surface area contributed by atoms with Gasteiger partial charge in [0.2, 0.25) is 5.91 Å². The molecule has 0 radical (unpaired) electrons. The second-order valence-corrected chi connectivity index (χ2v) is 6.45. The molecule has 5 heteroatoms. The molecule has 1 saturated carbocycles. The molecule has 0 bridgehead atoms. The van der Waals surface area contributed by atoms with Crippen molar-refractivity contribution in [1.82, 2.24) is 14.7 Å². The molecule has 2 atom stereocenters. The summed E-state index contributed by atoms with van der Waals surface area (Å²) in [7, 11) is 1.88. The van der Waals surface area contributed by atoms with Gasteiger partial charge in [-0.2, -0.15) is 5.10 Å². The largest absolute Gasteiger partial charge is 0.391 e. The summed E-state index contributed by atoms with van der Waals surface area (Å²) < 4.78 is 1.76. The maximum Gasteiger partial charge on any atom is 0.226 e. The maximum atomic E-state index is 12.5. The van der Waals surface area contributed by atoms with Gasteiger partial charge >= 0.3 is 0 Å². The van der Waals surface area contributed by atoms with Gasteiger partial charge in [-0.25, -0.2) is 0 Å². The minimum absolute atomic E-state index is 0.0809. The van der Waals surface area contributed by atoms with Crippen LogP contribution in [-0.2, 0) is 18.3 Å². The molecule has 1 N–H and O–H groups in total. The van der Waals surface area contributed by atoms with E-state index in [-0.39, 0.29) is 17.9 Å². The third-order valence-electron chi connectivity index (χ3n) is 4.72. The number of hydrogen-bond acceptors (Lipinski definition) is 3. The molecule has 1 aromatic heterocycles. The minimum atomic E-state index is -0.406. The third kappa shape index (κ3) is 2.46. The monoisotopic (exact) mass is 277 g/mol. The van der Waals surface area contributed by atoms with Crippen molar-refractivity contribution in [3.05, 3.63) is 18.0 Å². The third-order valence-corrected chi connectivity index (χ3v) is 4.72. The molecule has 2 aliphatic rings. The standard InChI is InChI=1S/C15H23N3O2/c1-10-5-12(6-10)15(20)18-4-3-14(19)13(18)7-11-8-16-17(2)9-11/h8-10,12-14,19H,3-7H2,1-2H3/t10?,12?,13-,14-/m0/s1. The first kappa shape index (κ1) is 13.6. The predicted octanol–water partition coefficient (Wildman–Crippen LogP) is 0.970. The first-order valence-corrected chi connectivity index (χ1v) is 7.50. The highest BCUT2D eigenvalue weighted by Crippen LogP contribution is 2.36. The van der Waals surface area contributed by atoms with Crippen molar-refractivity contribution >= 4 is 5.91 Å². The number of aliphatic hydroxyl groups is 1. The molecule has 1 aliphatic carbocycles. The van der Waals surface area contributed by atoms with Gasteiger partial charge in [-0.1, -0.05) is 6.92 Å². The lowest BCUT2D eigenvalue weighted by Crippen LogP contribution is -2.46. The first-order chi connectivity index (χ1) is 9.54. The van der Waals surface area contributed by atoms with Gasteiger partial charge in [0, 0.05) is 25.7 Å². The molecule has 1 aliphatic heterocycles. The summed E-state index contributed by atoms with van der Waals surface area (Å²) in [6, 6.07) is -0.0809. The fourth-order valence-electron chi connectivity index (χ4n) is 3.51. The zero-order chi connectivity index (χ0) is 14.3. The van der Waals surface area contributed by atoms with Crippen LogP contribution in [0.2, 0.25) is 0 Å². The molecule has 0 unspecified atom stereocenters. The van der Waals surface area contributed by atoms with Crippen molar-refractivity contribution in [3.63, 3.8) is 0 Å². The molecule has 2 fully saturated rings. The molecule has 2 heterocycles. The number of aromatic nitrogens is 2. The van der Waals surface area contributed by atoms with Crippen LogP contribution in [0.25, 0.3) is 0 Å². The number of rotatable bonds is 3. The molecule has 110 valence electrons. The van der Waals surface area contributed by atoms with Gasteiger partial charge in [-0.3, -0.25) is 9.48 Å². The van der Waals surface area contributed by atoms with Crippen molar-refractivity contribution in [3.8, 4) is 0 Å². The van der Waals surface area contributed by atoms with Gasteiger partial charge < -0.3 is 10.0 Å². The molecule has 1 aromatic rings. The Balaban J connectivity index is 1.68. The summed E-state index contributed by atoms with van der Waals surface area (Å²) in [5.74, 6) is 1.11. The highest BCUT2D eigenvalue weighted by molar-refractivity contribution is 5.80. The minimum Gasteiger partial charge on any atom is -0.391 e. The van der Waals surface area contributed by atoms with Crippen molar-refractivity contribution in [1.29, 1.82) is 0 Å². The van der Waals surface area contributed by atoms with Crippen LogP contribution >= 0.6 is 0 Å². The Morgan fingerprint density at radius 1 is 1.50 bits per heavy atom. The van der Waals surface area contributed by atoms with E-state index < -0.39 is 6.10 Å². The Morgan fingerprint density at radius 2 is 2.25 bits per heavy atom. The normalized spacial score (nSPS) is 33.2. The van der Waals surface area contributed by atoms with Gasteiger partial charge in [-0.15, -0.1) is 0 Å². The average Bonchev–Trinajstić information content (AvgIpc) is 2.93. The highest BCUT2D eigenvalue weighted by Gasteiger charge is 2.41. The Kier molecular flexibility index (Phi) is 3.54. The highest BCUT2D eigenvalue weighted by atomic mass is 16.3. The Bertz CT molecular complexity index is 493. The van der Waals surface area contributed by atoms with Gasteiger partial charge in [0.1, 0.15) is 0 Å². The lowest BCUT2D eigenvalue weighted by Gasteiger charge is -2.37. The van der Waals surface area contributed by atoms with Crippen LogP contribution in [0.1, 0.15) is 31.7 Å². The zero-order valence-corrected chi connectivity index (χ0v) is 12.2. The summed E-state index contributed by atoms with van der Waals surface area (Å²) in [5.41, 5.74) is 1.08. The first-order valence-electron chi connectivity index (χ1n) is 7.50. The summed E-state index contributed by atoms with van der Waals surface area (Å²) in [5, 5.41) is 14.3. The predicted molar refractivity (Wildman–Crippen MR) is 74.9 cm³/mol. The van der Waals surface area contributed by atoms with Gasteiger partial charge in [-0.05, 0) is 37.2 Å². The summed E-state index contributed by atoms with van der Waals surface area (Å²) >= 11 is 0. The van der Waals surface area contributed by atoms with E-state index in [1.807, 2.05) is 24.3 Å². The second kappa shape index (κ2) is 5.20. The van der Waals surface area contributed by atoms with E-state index in [1.54, 1.807) is 4.68 Å². The lowest BCUT2D eigenvalue weighted by molar-refractivity contribution is -0.141. The molecule has 1 saturated heterocycles. The molecule has 0 aromatic carbocycles. The van der Waals surface area contributed by atoms with Crippen molar-refractivity contribution < 1.29 is 9.90 Å². The Labute approximate surface area is 119 Å². The number of aliphatic hydroxyl groups excluding tert-OH is 1. The van der Waals surface area contributed by atoms with E-state index in [0.717, 1.165) is 18.4 Å². The van der Waals surface area contributed by atoms with E-state index in [2.05, 4.69) is 12.0 Å². The van der Waals surface area contributed by atoms with Crippen LogP contribution in [0.4, 0.5) is 0 Å². The van der Waals surface area contributed by atoms with Gasteiger partial charge in [0.15, 0.2) is 0 Å². The number of likely N-dealkylation sites (tertiary alicyclic amines) is 1. The number of carbonyl (C=O) groups is 1. The van der Waals surface area contributed by atoms with Crippen molar-refractivity contribution in [2.24, 2.45) is 18.9 Å². The van der Waals surface area contributed by atoms with Crippen LogP contribution in [0, 0.1) is 11.8 Å². The van der Waals surface area contributed by atoms with E-state index in [1.165, 1.54) is 0 Å². The number of hydrogen-bond donors (Lipinski definition) is 1. The number of amides is 1. The fraction of sp³-hybridized carbons (Fsp3) is 0.733. The molecule has 5 nitrogen and oxygen atoms in total. The van der Waals surface area contributed by atoms with E-state index >= 15 is 0 Å². The molecular weight excluding hydrogens is 254 g/mol. The quantitative estimate of drug-likeness (QED) is 0.895. The fourth-order valence-corrected chi connectivity index (χ4v) is 3.51. The van der Waals surface area contributed by atoms with E-state index in [4.69, 9.17) is 0 Å². The SMILES string of the molecule is CC1CC(C(=O)N2CC[C@H](O)[C@@H]2Cc2cnn(C)c2)C1. The van der Waals surface area contributed by atoms with Crippen molar-refractivity contribution in [2.45, 2.75) is 44.8 Å². The van der Waals surface area contributed by atoms with Crippen LogP contribution in [0.3, 0.4) is 0 Å². The van der Waals surface area contributed by atoms with E-state index in [9.17, 15) is 9.90 Å². The van der Waals surface area contributed by atoms with Gasteiger partial charge in [0.05, 0.1) is 18.3 Å². The Hall–Kier alpha value is -1.36. The summed E-state index contributed by atoms with van der Waals surface area (Å²) in [6.45, 7) is 2.88. The molecule has 0 spiro atoms. The van der Waals surface area contributed by atoms with E-state index in [0.29, 0.717) is 25.3 Å².